The van der Waals surface area contributed by atoms with Crippen LogP contribution >= 0.6 is 11.6 Å². The molecule has 2 rings (SSSR count). The van der Waals surface area contributed by atoms with Gasteiger partial charge in [-0.1, -0.05) is 11.6 Å². The molecule has 1 aromatic carbocycles. The molecule has 21 heavy (non-hydrogen) atoms. The number of urea groups is 1. The molecule has 1 unspecified atom stereocenters. The SMILES string of the molecule is O=C1CN(C(=O)Nc2ccc(F)c(Cl)c2)C(C(=O)O)CN1. The molecular formula is C12H11ClFN3O4. The molecule has 0 spiro atoms. The lowest BCUT2D eigenvalue weighted by Gasteiger charge is -2.32. The van der Waals surface area contributed by atoms with Crippen LogP contribution in [0.1, 0.15) is 0 Å². The number of carboxylic acids is 1. The summed E-state index contributed by atoms with van der Waals surface area (Å²) in [7, 11) is 0. The average molecular weight is 316 g/mol. The van der Waals surface area contributed by atoms with E-state index in [1.54, 1.807) is 0 Å². The van der Waals surface area contributed by atoms with E-state index in [9.17, 15) is 18.8 Å². The quantitative estimate of drug-likeness (QED) is 0.755. The van der Waals surface area contributed by atoms with E-state index in [0.717, 1.165) is 11.0 Å². The van der Waals surface area contributed by atoms with Crippen LogP contribution in [0.5, 0.6) is 0 Å². The number of nitrogens with zero attached hydrogens (tertiary/aromatic N) is 1. The summed E-state index contributed by atoms with van der Waals surface area (Å²) in [4.78, 5) is 35.3. The first-order chi connectivity index (χ1) is 9.88. The Morgan fingerprint density at radius 3 is 2.81 bits per heavy atom. The molecule has 112 valence electrons. The maximum atomic E-state index is 13.0. The average Bonchev–Trinajstić information content (AvgIpc) is 2.42. The Labute approximate surface area is 123 Å². The fourth-order valence-electron chi connectivity index (χ4n) is 1.84. The summed E-state index contributed by atoms with van der Waals surface area (Å²) in [6.07, 6.45) is 0. The van der Waals surface area contributed by atoms with Crippen LogP contribution in [0.25, 0.3) is 0 Å². The highest BCUT2D eigenvalue weighted by molar-refractivity contribution is 6.31. The molecule has 1 aliphatic heterocycles. The van der Waals surface area contributed by atoms with Gasteiger partial charge in [-0.05, 0) is 18.2 Å². The lowest BCUT2D eigenvalue weighted by Crippen LogP contribution is -2.60. The number of hydrogen-bond acceptors (Lipinski definition) is 3. The second kappa shape index (κ2) is 5.96. The van der Waals surface area contributed by atoms with Crippen LogP contribution in [0.3, 0.4) is 0 Å². The molecule has 3 amide bonds. The molecule has 0 aromatic heterocycles. The molecule has 0 radical (unpaired) electrons. The minimum Gasteiger partial charge on any atom is -0.480 e. The highest BCUT2D eigenvalue weighted by Gasteiger charge is 2.35. The van der Waals surface area contributed by atoms with E-state index in [-0.39, 0.29) is 23.8 Å². The van der Waals surface area contributed by atoms with Gasteiger partial charge in [-0.3, -0.25) is 9.69 Å². The monoisotopic (exact) mass is 315 g/mol. The molecule has 9 heteroatoms. The van der Waals surface area contributed by atoms with Crippen molar-refractivity contribution in [1.29, 1.82) is 0 Å². The van der Waals surface area contributed by atoms with Gasteiger partial charge in [-0.25, -0.2) is 14.0 Å². The smallest absolute Gasteiger partial charge is 0.328 e. The fraction of sp³-hybridized carbons (Fsp3) is 0.250. The normalized spacial score (nSPS) is 18.1. The van der Waals surface area contributed by atoms with E-state index in [0.29, 0.717) is 0 Å². The van der Waals surface area contributed by atoms with E-state index < -0.39 is 29.8 Å². The van der Waals surface area contributed by atoms with Gasteiger partial charge >= 0.3 is 12.0 Å². The van der Waals surface area contributed by atoms with Gasteiger partial charge in [-0.2, -0.15) is 0 Å². The number of nitrogens with one attached hydrogen (secondary N) is 2. The van der Waals surface area contributed by atoms with E-state index in [4.69, 9.17) is 16.7 Å². The van der Waals surface area contributed by atoms with Crippen LogP contribution in [-0.4, -0.2) is 47.0 Å². The number of carboxylic acid groups (broad SMARTS) is 1. The Morgan fingerprint density at radius 2 is 2.19 bits per heavy atom. The number of carbonyl (C=O) groups is 3. The van der Waals surface area contributed by atoms with Crippen molar-refractivity contribution in [3.63, 3.8) is 0 Å². The molecule has 1 saturated heterocycles. The van der Waals surface area contributed by atoms with Crippen LogP contribution < -0.4 is 10.6 Å². The zero-order chi connectivity index (χ0) is 15.6. The van der Waals surface area contributed by atoms with Crippen molar-refractivity contribution in [2.24, 2.45) is 0 Å². The standard InChI is InChI=1S/C12H11ClFN3O4/c13-7-3-6(1-2-8(7)14)16-12(21)17-5-10(18)15-4-9(17)11(19)20/h1-3,9H,4-5H2,(H,15,18)(H,16,21)(H,19,20). The molecule has 1 aromatic rings. The number of hydrogen-bond donors (Lipinski definition) is 3. The summed E-state index contributed by atoms with van der Waals surface area (Å²) in [5.41, 5.74) is 0.196. The van der Waals surface area contributed by atoms with Crippen LogP contribution in [0.15, 0.2) is 18.2 Å². The van der Waals surface area contributed by atoms with Crippen molar-refractivity contribution in [3.05, 3.63) is 29.0 Å². The minimum absolute atomic E-state index is 0.175. The lowest BCUT2D eigenvalue weighted by molar-refractivity contribution is -0.144. The van der Waals surface area contributed by atoms with Crippen LogP contribution in [0, 0.1) is 5.82 Å². The summed E-state index contributed by atoms with van der Waals surface area (Å²) in [6, 6.07) is 1.58. The number of carbonyl (C=O) groups excluding carboxylic acids is 2. The summed E-state index contributed by atoms with van der Waals surface area (Å²) in [5.74, 6) is -2.34. The Morgan fingerprint density at radius 1 is 1.48 bits per heavy atom. The van der Waals surface area contributed by atoms with Gasteiger partial charge in [0, 0.05) is 12.2 Å². The zero-order valence-corrected chi connectivity index (χ0v) is 11.4. The number of aliphatic carboxylic acids is 1. The van der Waals surface area contributed by atoms with Gasteiger partial charge in [-0.15, -0.1) is 0 Å². The Balaban J connectivity index is 2.14. The third kappa shape index (κ3) is 3.40. The summed E-state index contributed by atoms with van der Waals surface area (Å²) in [5, 5.41) is 13.6. The number of piperazine rings is 1. The van der Waals surface area contributed by atoms with Crippen LogP contribution in [0.2, 0.25) is 5.02 Å². The molecule has 1 atom stereocenters. The Bertz CT molecular complexity index is 610. The number of halogens is 2. The molecule has 1 heterocycles. The molecular weight excluding hydrogens is 305 g/mol. The highest BCUT2D eigenvalue weighted by Crippen LogP contribution is 2.20. The number of anilines is 1. The predicted octanol–water partition coefficient (Wildman–Crippen LogP) is 0.896. The molecule has 0 bridgehead atoms. The molecule has 0 aliphatic carbocycles. The van der Waals surface area contributed by atoms with E-state index >= 15 is 0 Å². The van der Waals surface area contributed by atoms with Crippen molar-refractivity contribution >= 4 is 35.2 Å². The summed E-state index contributed by atoms with van der Waals surface area (Å²) >= 11 is 5.59. The maximum Gasteiger partial charge on any atom is 0.328 e. The third-order valence-corrected chi connectivity index (χ3v) is 3.19. The molecule has 1 aliphatic rings. The second-order valence-electron chi connectivity index (χ2n) is 4.35. The van der Waals surface area contributed by atoms with Gasteiger partial charge in [0.2, 0.25) is 5.91 Å². The largest absolute Gasteiger partial charge is 0.480 e. The van der Waals surface area contributed by atoms with E-state index in [1.807, 2.05) is 0 Å². The first-order valence-electron chi connectivity index (χ1n) is 5.90. The Kier molecular flexibility index (Phi) is 4.27. The highest BCUT2D eigenvalue weighted by atomic mass is 35.5. The van der Waals surface area contributed by atoms with Crippen molar-refractivity contribution in [2.45, 2.75) is 6.04 Å². The molecule has 7 nitrogen and oxygen atoms in total. The second-order valence-corrected chi connectivity index (χ2v) is 4.75. The lowest BCUT2D eigenvalue weighted by atomic mass is 10.2. The van der Waals surface area contributed by atoms with Crippen LogP contribution in [0.4, 0.5) is 14.9 Å². The zero-order valence-electron chi connectivity index (χ0n) is 10.6. The van der Waals surface area contributed by atoms with Crippen LogP contribution in [-0.2, 0) is 9.59 Å². The number of amides is 3. The van der Waals surface area contributed by atoms with Gasteiger partial charge in [0.05, 0.1) is 5.02 Å². The van der Waals surface area contributed by atoms with E-state index in [1.165, 1.54) is 12.1 Å². The molecule has 0 saturated carbocycles. The van der Waals surface area contributed by atoms with Gasteiger partial charge < -0.3 is 15.7 Å². The molecule has 1 fully saturated rings. The predicted molar refractivity (Wildman–Crippen MR) is 71.6 cm³/mol. The van der Waals surface area contributed by atoms with Crippen molar-refractivity contribution in [3.8, 4) is 0 Å². The van der Waals surface area contributed by atoms with Crippen molar-refractivity contribution in [2.75, 3.05) is 18.4 Å². The van der Waals surface area contributed by atoms with Gasteiger partial charge in [0.15, 0.2) is 0 Å². The fourth-order valence-corrected chi connectivity index (χ4v) is 2.03. The number of rotatable bonds is 2. The summed E-state index contributed by atoms with van der Waals surface area (Å²) < 4.78 is 13.0. The first-order valence-corrected chi connectivity index (χ1v) is 6.28. The van der Waals surface area contributed by atoms with Crippen molar-refractivity contribution in [1.82, 2.24) is 10.2 Å². The third-order valence-electron chi connectivity index (χ3n) is 2.90. The van der Waals surface area contributed by atoms with Gasteiger partial charge in [0.25, 0.3) is 0 Å². The Hall–Kier alpha value is -2.35. The topological polar surface area (TPSA) is 98.7 Å². The first kappa shape index (κ1) is 15.0. The summed E-state index contributed by atoms with van der Waals surface area (Å²) in [6.45, 7) is -0.552. The van der Waals surface area contributed by atoms with Gasteiger partial charge in [0.1, 0.15) is 18.4 Å². The number of benzene rings is 1. The maximum absolute atomic E-state index is 13.0. The van der Waals surface area contributed by atoms with Crippen molar-refractivity contribution < 1.29 is 23.9 Å². The molecule has 3 N–H and O–H groups in total. The van der Waals surface area contributed by atoms with E-state index in [2.05, 4.69) is 10.6 Å². The minimum atomic E-state index is -1.23.